The zero-order valence-electron chi connectivity index (χ0n) is 23.9. The first kappa shape index (κ1) is 31.0. The van der Waals surface area contributed by atoms with Crippen LogP contribution in [0.1, 0.15) is 100 Å². The van der Waals surface area contributed by atoms with E-state index in [4.69, 9.17) is 0 Å². The number of carbonyl (C=O) groups is 4. The van der Waals surface area contributed by atoms with E-state index in [9.17, 15) is 19.2 Å². The van der Waals surface area contributed by atoms with Gasteiger partial charge in [-0.05, 0) is 0 Å². The number of amides is 3. The van der Waals surface area contributed by atoms with Gasteiger partial charge < -0.3 is 0 Å². The van der Waals surface area contributed by atoms with Gasteiger partial charge in [-0.25, -0.2) is 0 Å². The summed E-state index contributed by atoms with van der Waals surface area (Å²) in [6, 6.07) is -1.56. The topological polar surface area (TPSA) is 95.6 Å². The Labute approximate surface area is 228 Å². The molecule has 0 spiro atoms. The van der Waals surface area contributed by atoms with Crippen LogP contribution in [0.5, 0.6) is 0 Å². The van der Waals surface area contributed by atoms with Crippen molar-refractivity contribution in [3.8, 4) is 0 Å². The van der Waals surface area contributed by atoms with Crippen molar-refractivity contribution in [3.05, 3.63) is 0 Å². The summed E-state index contributed by atoms with van der Waals surface area (Å²) in [5.74, 6) is 0.611. The maximum atomic E-state index is 13.9. The van der Waals surface area contributed by atoms with Crippen LogP contribution in [0.3, 0.4) is 0 Å². The number of nitrogens with zero attached hydrogens (tertiary/aromatic N) is 1. The number of nitrogens with one attached hydrogen (secondary N) is 2. The van der Waals surface area contributed by atoms with Crippen LogP contribution in [0.25, 0.3) is 0 Å². The maximum absolute atomic E-state index is 13.9. The van der Waals surface area contributed by atoms with E-state index in [2.05, 4.69) is 24.5 Å². The van der Waals surface area contributed by atoms with Crippen molar-refractivity contribution in [2.75, 3.05) is 11.5 Å². The fourth-order valence-electron chi connectivity index (χ4n) is 5.31. The van der Waals surface area contributed by atoms with Gasteiger partial charge in [0.15, 0.2) is 0 Å². The third kappa shape index (κ3) is 7.90. The van der Waals surface area contributed by atoms with Gasteiger partial charge in [-0.1, -0.05) is 20.8 Å². The molecular formula is C28H49IN3O4-. The van der Waals surface area contributed by atoms with E-state index in [0.717, 1.165) is 32.1 Å². The number of ketones is 1. The Morgan fingerprint density at radius 1 is 1.00 bits per heavy atom. The van der Waals surface area contributed by atoms with Gasteiger partial charge >= 0.3 is 209 Å². The summed E-state index contributed by atoms with van der Waals surface area (Å²) in [5, 5.41) is 6.14. The van der Waals surface area contributed by atoms with Crippen LogP contribution in [0.2, 0.25) is 0 Å². The van der Waals surface area contributed by atoms with Crippen LogP contribution in [-0.4, -0.2) is 55.5 Å². The quantitative estimate of drug-likeness (QED) is 0.245. The summed E-state index contributed by atoms with van der Waals surface area (Å²) in [6.45, 7) is 16.4. The number of hydrogen-bond acceptors (Lipinski definition) is 4. The number of urea groups is 1. The van der Waals surface area contributed by atoms with Gasteiger partial charge in [0, 0.05) is 0 Å². The molecule has 1 heterocycles. The first-order valence-corrected chi connectivity index (χ1v) is 16.7. The van der Waals surface area contributed by atoms with Crippen LogP contribution in [0.4, 0.5) is 4.79 Å². The van der Waals surface area contributed by atoms with Crippen molar-refractivity contribution in [2.24, 2.45) is 22.7 Å². The Kier molecular flexibility index (Phi) is 10.4. The molecule has 0 radical (unpaired) electrons. The number of halogens is 1. The third-order valence-electron chi connectivity index (χ3n) is 7.92. The van der Waals surface area contributed by atoms with Crippen molar-refractivity contribution >= 4 is 21.5 Å². The zero-order chi connectivity index (χ0) is 27.5. The number of Topliss-reactive ketones (excluding diaryl/α,β-unsaturated/α-hetero) is 1. The van der Waals surface area contributed by atoms with E-state index in [1.807, 2.05) is 46.5 Å². The summed E-state index contributed by atoms with van der Waals surface area (Å²) in [4.78, 5) is 56.7. The molecule has 0 aromatic rings. The molecule has 0 aromatic heterocycles. The molecule has 8 heteroatoms. The van der Waals surface area contributed by atoms with Crippen molar-refractivity contribution in [1.29, 1.82) is 0 Å². The molecule has 36 heavy (non-hydrogen) atoms. The van der Waals surface area contributed by atoms with Crippen molar-refractivity contribution in [2.45, 2.75) is 118 Å². The van der Waals surface area contributed by atoms with Gasteiger partial charge in [0.1, 0.15) is 0 Å². The van der Waals surface area contributed by atoms with Crippen molar-refractivity contribution in [1.82, 2.24) is 15.5 Å². The average molecular weight is 619 g/mol. The summed E-state index contributed by atoms with van der Waals surface area (Å²) in [7, 11) is 0. The van der Waals surface area contributed by atoms with Gasteiger partial charge in [-0.15, -0.1) is 0 Å². The summed E-state index contributed by atoms with van der Waals surface area (Å²) < 4.78 is 0.185. The zero-order valence-corrected chi connectivity index (χ0v) is 26.1. The van der Waals surface area contributed by atoms with Gasteiger partial charge in [-0.2, -0.15) is 0 Å². The molecule has 0 aromatic carbocycles. The molecule has 208 valence electrons. The Morgan fingerprint density at radius 2 is 1.58 bits per heavy atom. The molecular weight excluding hydrogens is 569 g/mol. The van der Waals surface area contributed by atoms with E-state index >= 15 is 0 Å². The molecule has 2 rings (SSSR count). The van der Waals surface area contributed by atoms with Crippen molar-refractivity contribution < 1.29 is 40.4 Å². The first-order chi connectivity index (χ1) is 16.5. The fourth-order valence-corrected chi connectivity index (χ4v) is 6.62. The van der Waals surface area contributed by atoms with Crippen LogP contribution < -0.4 is 31.8 Å². The van der Waals surface area contributed by atoms with Crippen LogP contribution in [0, 0.1) is 22.7 Å². The molecule has 2 aliphatic rings. The van der Waals surface area contributed by atoms with Crippen LogP contribution in [-0.2, 0) is 14.4 Å². The minimum atomic E-state index is -0.771. The predicted molar refractivity (Wildman–Crippen MR) is 139 cm³/mol. The number of alkyl halides is 1. The van der Waals surface area contributed by atoms with E-state index < -0.39 is 49.6 Å². The SMILES string of the molecule is C[I-]C(=O)[C@@H]1C[C@@H](C(C)C)CN1C(=O)[C@@H](NC(=O)NC1(CC(=O)C(C)(C)C)CCCCC1)C(C)(C)C. The number of likely N-dealkylation sites (tertiary alicyclic amines) is 1. The number of carbonyl (C=O) groups excluding carboxylic acids is 4. The molecule has 3 amide bonds. The molecule has 0 bridgehead atoms. The Hall–Kier alpha value is -1.19. The molecule has 1 aliphatic heterocycles. The van der Waals surface area contributed by atoms with E-state index in [1.165, 1.54) is 0 Å². The van der Waals surface area contributed by atoms with E-state index in [1.54, 1.807) is 4.90 Å². The number of hydrogen-bond donors (Lipinski definition) is 2. The van der Waals surface area contributed by atoms with E-state index in [-0.39, 0.29) is 27.4 Å². The van der Waals surface area contributed by atoms with Gasteiger partial charge in [0.2, 0.25) is 0 Å². The molecule has 0 unspecified atom stereocenters. The minimum absolute atomic E-state index is 0.133. The molecule has 7 nitrogen and oxygen atoms in total. The summed E-state index contributed by atoms with van der Waals surface area (Å²) in [6.07, 6.45) is 5.55. The Balaban J connectivity index is 2.25. The van der Waals surface area contributed by atoms with Crippen LogP contribution >= 0.6 is 0 Å². The standard InChI is InChI=1S/C28H49IN3O4/c1-18(2)19-15-20(23(34)29-9)32(17-19)24(35)22(27(6,7)8)30-25(36)31-28(13-11-10-12-14-28)16-21(33)26(3,4)5/h18-20,22H,10-17H2,1-9H3,(H2,30,31,36)/q-1/t19-,20+,22-/m1/s1. The Bertz CT molecular complexity index is 822. The monoisotopic (exact) mass is 618 g/mol. The van der Waals surface area contributed by atoms with Crippen molar-refractivity contribution in [3.63, 3.8) is 0 Å². The summed E-state index contributed by atoms with van der Waals surface area (Å²) >= 11 is -0.629. The molecule has 2 fully saturated rings. The molecule has 3 atom stereocenters. The average Bonchev–Trinajstić information content (AvgIpc) is 3.21. The van der Waals surface area contributed by atoms with E-state index in [0.29, 0.717) is 25.3 Å². The fraction of sp³-hybridized carbons (Fsp3) is 0.857. The Morgan fingerprint density at radius 3 is 2.06 bits per heavy atom. The molecule has 2 N–H and O–H groups in total. The van der Waals surface area contributed by atoms with Crippen LogP contribution in [0.15, 0.2) is 0 Å². The molecule has 1 saturated carbocycles. The number of rotatable bonds is 8. The van der Waals surface area contributed by atoms with Gasteiger partial charge in [0.25, 0.3) is 0 Å². The predicted octanol–water partition coefficient (Wildman–Crippen LogP) is 1.53. The first-order valence-electron chi connectivity index (χ1n) is 13.5. The summed E-state index contributed by atoms with van der Waals surface area (Å²) in [5.41, 5.74) is -1.60. The second-order valence-electron chi connectivity index (χ2n) is 13.3. The van der Waals surface area contributed by atoms with Gasteiger partial charge in [-0.3, -0.25) is 0 Å². The second kappa shape index (κ2) is 12.1. The third-order valence-corrected chi connectivity index (χ3v) is 9.70. The molecule has 1 saturated heterocycles. The van der Waals surface area contributed by atoms with Gasteiger partial charge in [0.05, 0.1) is 0 Å². The second-order valence-corrected chi connectivity index (χ2v) is 15.5. The molecule has 1 aliphatic carbocycles. The normalized spacial score (nSPS) is 23.4.